The number of carbonyl (C=O) groups is 1. The van der Waals surface area contributed by atoms with Crippen molar-refractivity contribution in [1.82, 2.24) is 10.2 Å². The van der Waals surface area contributed by atoms with Crippen LogP contribution in [0.5, 0.6) is 0 Å². The van der Waals surface area contributed by atoms with E-state index in [9.17, 15) is 9.18 Å². The fraction of sp³-hybridized carbons (Fsp3) is 0.471. The molecule has 1 aliphatic rings. The first-order chi connectivity index (χ1) is 10.5. The highest BCUT2D eigenvalue weighted by atomic mass is 19.1. The predicted octanol–water partition coefficient (Wildman–Crippen LogP) is 2.07. The third-order valence-electron chi connectivity index (χ3n) is 3.84. The lowest BCUT2D eigenvalue weighted by atomic mass is 10.0. The lowest BCUT2D eigenvalue weighted by molar-refractivity contribution is -0.117. The molecule has 1 aromatic rings. The van der Waals surface area contributed by atoms with Crippen molar-refractivity contribution in [2.75, 3.05) is 32.8 Å². The van der Waals surface area contributed by atoms with Crippen molar-refractivity contribution in [3.63, 3.8) is 0 Å². The number of nitrogens with zero attached hydrogens (tertiary/aromatic N) is 1. The zero-order chi connectivity index (χ0) is 16.0. The summed E-state index contributed by atoms with van der Waals surface area (Å²) in [5.41, 5.74) is 0.550. The van der Waals surface area contributed by atoms with Gasteiger partial charge >= 0.3 is 0 Å². The van der Waals surface area contributed by atoms with E-state index in [1.165, 1.54) is 18.2 Å². The number of carbonyl (C=O) groups excluding carboxylic acids is 1. The Morgan fingerprint density at radius 1 is 1.41 bits per heavy atom. The summed E-state index contributed by atoms with van der Waals surface area (Å²) in [6.07, 6.45) is 3.05. The monoisotopic (exact) mass is 306 g/mol. The summed E-state index contributed by atoms with van der Waals surface area (Å²) in [7, 11) is 0. The molecule has 4 nitrogen and oxygen atoms in total. The summed E-state index contributed by atoms with van der Waals surface area (Å²) in [5, 5.41) is 2.90. The Kier molecular flexibility index (Phi) is 5.69. The lowest BCUT2D eigenvalue weighted by Crippen LogP contribution is -2.55. The molecule has 0 aromatic heterocycles. The third kappa shape index (κ3) is 4.93. The van der Waals surface area contributed by atoms with Gasteiger partial charge in [0.25, 0.3) is 0 Å². The Morgan fingerprint density at radius 2 is 2.14 bits per heavy atom. The highest BCUT2D eigenvalue weighted by Gasteiger charge is 2.28. The topological polar surface area (TPSA) is 41.6 Å². The van der Waals surface area contributed by atoms with Gasteiger partial charge in [0, 0.05) is 31.2 Å². The smallest absolute Gasteiger partial charge is 0.244 e. The summed E-state index contributed by atoms with van der Waals surface area (Å²) in [4.78, 5) is 14.2. The highest BCUT2D eigenvalue weighted by Crippen LogP contribution is 2.15. The number of halogens is 1. The van der Waals surface area contributed by atoms with Gasteiger partial charge in [-0.15, -0.1) is 0 Å². The molecule has 1 fully saturated rings. The minimum atomic E-state index is -0.309. The van der Waals surface area contributed by atoms with Crippen LogP contribution < -0.4 is 5.32 Å². The Balaban J connectivity index is 1.84. The summed E-state index contributed by atoms with van der Waals surface area (Å²) >= 11 is 0. The number of morpholine rings is 1. The fourth-order valence-electron chi connectivity index (χ4n) is 2.43. The first-order valence-electron chi connectivity index (χ1n) is 7.52. The average Bonchev–Trinajstić information content (AvgIpc) is 2.52. The van der Waals surface area contributed by atoms with Crippen LogP contribution in [0.4, 0.5) is 4.39 Å². The fourth-order valence-corrected chi connectivity index (χ4v) is 2.43. The van der Waals surface area contributed by atoms with E-state index in [0.717, 1.165) is 26.3 Å². The molecule has 0 unspecified atom stereocenters. The number of benzene rings is 1. The van der Waals surface area contributed by atoms with Crippen molar-refractivity contribution in [3.8, 4) is 0 Å². The number of hydrogen-bond acceptors (Lipinski definition) is 3. The molecular weight excluding hydrogens is 283 g/mol. The van der Waals surface area contributed by atoms with Crippen LogP contribution in [0.25, 0.3) is 6.08 Å². The number of rotatable bonds is 5. The van der Waals surface area contributed by atoms with Gasteiger partial charge < -0.3 is 10.1 Å². The predicted molar refractivity (Wildman–Crippen MR) is 84.9 cm³/mol. The van der Waals surface area contributed by atoms with E-state index < -0.39 is 0 Å². The molecule has 120 valence electrons. The molecule has 2 rings (SSSR count). The Morgan fingerprint density at radius 3 is 2.82 bits per heavy atom. The maximum Gasteiger partial charge on any atom is 0.244 e. The molecule has 0 saturated carbocycles. The van der Waals surface area contributed by atoms with Gasteiger partial charge in [-0.2, -0.15) is 0 Å². The molecule has 1 amide bonds. The summed E-state index contributed by atoms with van der Waals surface area (Å²) in [6, 6.07) is 6.14. The number of amides is 1. The van der Waals surface area contributed by atoms with E-state index in [1.807, 2.05) is 0 Å². The van der Waals surface area contributed by atoms with Gasteiger partial charge in [0.05, 0.1) is 13.2 Å². The molecular formula is C17H23FN2O2. The summed E-state index contributed by atoms with van der Waals surface area (Å²) < 4.78 is 18.4. The molecule has 0 atom stereocenters. The molecule has 0 radical (unpaired) electrons. The van der Waals surface area contributed by atoms with Gasteiger partial charge in [0.2, 0.25) is 5.91 Å². The zero-order valence-corrected chi connectivity index (χ0v) is 13.1. The molecule has 1 heterocycles. The maximum atomic E-state index is 13.1. The van der Waals surface area contributed by atoms with Gasteiger partial charge in [-0.1, -0.05) is 12.1 Å². The molecule has 1 aromatic carbocycles. The van der Waals surface area contributed by atoms with Gasteiger partial charge in [-0.3, -0.25) is 9.69 Å². The molecule has 1 aliphatic heterocycles. The summed E-state index contributed by atoms with van der Waals surface area (Å²) in [5.74, 6) is -0.485. The SMILES string of the molecule is CC(C)(CNC(=O)/C=C/c1cccc(F)c1)N1CCOCC1. The van der Waals surface area contributed by atoms with E-state index >= 15 is 0 Å². The molecule has 22 heavy (non-hydrogen) atoms. The highest BCUT2D eigenvalue weighted by molar-refractivity contribution is 5.91. The van der Waals surface area contributed by atoms with Crippen LogP contribution in [0.1, 0.15) is 19.4 Å². The van der Waals surface area contributed by atoms with Crippen molar-refractivity contribution in [2.24, 2.45) is 0 Å². The van der Waals surface area contributed by atoms with Crippen LogP contribution in [0.15, 0.2) is 30.3 Å². The minimum Gasteiger partial charge on any atom is -0.379 e. The van der Waals surface area contributed by atoms with E-state index in [2.05, 4.69) is 24.1 Å². The van der Waals surface area contributed by atoms with Gasteiger partial charge in [0.15, 0.2) is 0 Å². The van der Waals surface area contributed by atoms with Crippen LogP contribution in [0.3, 0.4) is 0 Å². The molecule has 1 N–H and O–H groups in total. The second kappa shape index (κ2) is 7.51. The van der Waals surface area contributed by atoms with E-state index in [0.29, 0.717) is 12.1 Å². The minimum absolute atomic E-state index is 0.119. The van der Waals surface area contributed by atoms with Crippen LogP contribution in [0.2, 0.25) is 0 Å². The summed E-state index contributed by atoms with van der Waals surface area (Å²) in [6.45, 7) is 7.99. The van der Waals surface area contributed by atoms with E-state index in [-0.39, 0.29) is 17.3 Å². The second-order valence-corrected chi connectivity index (χ2v) is 6.02. The third-order valence-corrected chi connectivity index (χ3v) is 3.84. The standard InChI is InChI=1S/C17H23FN2O2/c1-17(2,20-8-10-22-11-9-20)13-19-16(21)7-6-14-4-3-5-15(18)12-14/h3-7,12H,8-11,13H2,1-2H3,(H,19,21)/b7-6+. The Bertz CT molecular complexity index is 537. The van der Waals surface area contributed by atoms with Crippen molar-refractivity contribution in [1.29, 1.82) is 0 Å². The maximum absolute atomic E-state index is 13.1. The van der Waals surface area contributed by atoms with Gasteiger partial charge in [-0.25, -0.2) is 4.39 Å². The number of nitrogens with one attached hydrogen (secondary N) is 1. The van der Waals surface area contributed by atoms with E-state index in [4.69, 9.17) is 4.74 Å². The van der Waals surface area contributed by atoms with Crippen molar-refractivity contribution < 1.29 is 13.9 Å². The van der Waals surface area contributed by atoms with Crippen LogP contribution in [-0.2, 0) is 9.53 Å². The average molecular weight is 306 g/mol. The molecule has 1 saturated heterocycles. The quantitative estimate of drug-likeness (QED) is 0.847. The molecule has 0 bridgehead atoms. The van der Waals surface area contributed by atoms with Crippen molar-refractivity contribution in [2.45, 2.75) is 19.4 Å². The Labute approximate surface area is 131 Å². The first-order valence-corrected chi connectivity index (χ1v) is 7.52. The molecule has 0 aliphatic carbocycles. The normalized spacial score (nSPS) is 16.9. The van der Waals surface area contributed by atoms with Crippen LogP contribution in [-0.4, -0.2) is 49.2 Å². The number of hydrogen-bond donors (Lipinski definition) is 1. The Hall–Kier alpha value is -1.72. The van der Waals surface area contributed by atoms with Gasteiger partial charge in [0.1, 0.15) is 5.82 Å². The molecule has 0 spiro atoms. The van der Waals surface area contributed by atoms with Crippen LogP contribution in [0, 0.1) is 5.82 Å². The largest absolute Gasteiger partial charge is 0.379 e. The van der Waals surface area contributed by atoms with Crippen molar-refractivity contribution in [3.05, 3.63) is 41.7 Å². The van der Waals surface area contributed by atoms with E-state index in [1.54, 1.807) is 18.2 Å². The molecule has 5 heteroatoms. The number of ether oxygens (including phenoxy) is 1. The second-order valence-electron chi connectivity index (χ2n) is 6.02. The first kappa shape index (κ1) is 16.6. The zero-order valence-electron chi connectivity index (χ0n) is 13.1. The van der Waals surface area contributed by atoms with Crippen LogP contribution >= 0.6 is 0 Å². The lowest BCUT2D eigenvalue weighted by Gasteiger charge is -2.40. The van der Waals surface area contributed by atoms with Gasteiger partial charge in [-0.05, 0) is 37.6 Å². The van der Waals surface area contributed by atoms with Crippen molar-refractivity contribution >= 4 is 12.0 Å².